The quantitative estimate of drug-likeness (QED) is 0.514. The van der Waals surface area contributed by atoms with E-state index in [0.29, 0.717) is 11.7 Å². The van der Waals surface area contributed by atoms with Gasteiger partial charge in [-0.2, -0.15) is 4.98 Å². The molecule has 0 saturated carbocycles. The number of thiazole rings is 1. The zero-order valence-corrected chi connectivity index (χ0v) is 16.0. The first-order chi connectivity index (χ1) is 13.9. The van der Waals surface area contributed by atoms with Gasteiger partial charge in [-0.1, -0.05) is 5.16 Å². The summed E-state index contributed by atoms with van der Waals surface area (Å²) in [4.78, 5) is 20.8. The molecule has 4 aromatic rings. The average molecular weight is 390 g/mol. The monoisotopic (exact) mass is 390 g/mol. The Bertz CT molecular complexity index is 1050. The molecule has 1 saturated heterocycles. The number of anilines is 1. The zero-order chi connectivity index (χ0) is 18.8. The van der Waals surface area contributed by atoms with E-state index >= 15 is 0 Å². The molecule has 7 nitrogen and oxygen atoms in total. The van der Waals surface area contributed by atoms with E-state index in [-0.39, 0.29) is 0 Å². The first-order valence-corrected chi connectivity index (χ1v) is 10.1. The maximum atomic E-state index is 5.46. The van der Waals surface area contributed by atoms with Gasteiger partial charge in [0.05, 0.1) is 6.20 Å². The normalized spacial score (nSPS) is 14.4. The summed E-state index contributed by atoms with van der Waals surface area (Å²) in [5.41, 5.74) is 1.86. The van der Waals surface area contributed by atoms with E-state index in [1.807, 2.05) is 30.5 Å². The summed E-state index contributed by atoms with van der Waals surface area (Å²) in [6, 6.07) is 7.89. The predicted octanol–water partition coefficient (Wildman–Crippen LogP) is 4.31. The van der Waals surface area contributed by atoms with E-state index in [2.05, 4.69) is 30.0 Å². The van der Waals surface area contributed by atoms with E-state index in [1.165, 1.54) is 30.6 Å². The number of nitrogens with zero attached hydrogens (tertiary/aromatic N) is 6. The topological polar surface area (TPSA) is 80.8 Å². The Hall–Kier alpha value is -3.13. The minimum absolute atomic E-state index is 0.466. The van der Waals surface area contributed by atoms with E-state index in [0.717, 1.165) is 39.9 Å². The number of hydrogen-bond donors (Lipinski definition) is 0. The van der Waals surface area contributed by atoms with Crippen molar-refractivity contribution in [3.8, 4) is 32.7 Å². The second-order valence-corrected chi connectivity index (χ2v) is 7.67. The average Bonchev–Trinajstić information content (AvgIpc) is 3.45. The lowest BCUT2D eigenvalue weighted by molar-refractivity contribution is 0.433. The smallest absolute Gasteiger partial charge is 0.269 e. The lowest BCUT2D eigenvalue weighted by Crippen LogP contribution is -2.29. The molecule has 0 bridgehead atoms. The second-order valence-electron chi connectivity index (χ2n) is 6.64. The Kier molecular flexibility index (Phi) is 4.54. The van der Waals surface area contributed by atoms with Crippen LogP contribution in [0, 0.1) is 0 Å². The molecule has 0 radical (unpaired) electrons. The van der Waals surface area contributed by atoms with Crippen molar-refractivity contribution in [2.75, 3.05) is 18.0 Å². The Morgan fingerprint density at radius 2 is 1.75 bits per heavy atom. The van der Waals surface area contributed by atoms with E-state index in [1.54, 1.807) is 18.6 Å². The number of pyridine rings is 2. The molecule has 0 spiro atoms. The van der Waals surface area contributed by atoms with Crippen molar-refractivity contribution in [1.82, 2.24) is 25.1 Å². The molecule has 0 aliphatic carbocycles. The minimum atomic E-state index is 0.466. The summed E-state index contributed by atoms with van der Waals surface area (Å²) in [7, 11) is 0. The molecular weight excluding hydrogens is 372 g/mol. The molecule has 140 valence electrons. The van der Waals surface area contributed by atoms with Crippen molar-refractivity contribution in [2.45, 2.75) is 19.3 Å². The Morgan fingerprint density at radius 3 is 2.54 bits per heavy atom. The van der Waals surface area contributed by atoms with Crippen molar-refractivity contribution >= 4 is 17.2 Å². The highest BCUT2D eigenvalue weighted by Gasteiger charge is 2.16. The molecule has 5 rings (SSSR count). The maximum absolute atomic E-state index is 5.46. The van der Waals surface area contributed by atoms with Gasteiger partial charge in [-0.3, -0.25) is 4.98 Å². The SMILES string of the molecule is c1cc(-c2ncc(-c3nc(-c4ccc(N5CCCCC5)nc4)no3)s2)ccn1. The second kappa shape index (κ2) is 7.47. The van der Waals surface area contributed by atoms with E-state index in [9.17, 15) is 0 Å². The van der Waals surface area contributed by atoms with E-state index in [4.69, 9.17) is 4.52 Å². The number of hydrogen-bond acceptors (Lipinski definition) is 8. The van der Waals surface area contributed by atoms with Gasteiger partial charge in [-0.05, 0) is 43.5 Å². The highest BCUT2D eigenvalue weighted by atomic mass is 32.1. The van der Waals surface area contributed by atoms with Crippen LogP contribution < -0.4 is 4.90 Å². The fourth-order valence-electron chi connectivity index (χ4n) is 3.27. The van der Waals surface area contributed by atoms with Gasteiger partial charge >= 0.3 is 0 Å². The van der Waals surface area contributed by atoms with Crippen LogP contribution in [0.3, 0.4) is 0 Å². The lowest BCUT2D eigenvalue weighted by Gasteiger charge is -2.27. The molecule has 5 heterocycles. The first kappa shape index (κ1) is 17.0. The van der Waals surface area contributed by atoms with Crippen molar-refractivity contribution < 1.29 is 4.52 Å². The lowest BCUT2D eigenvalue weighted by atomic mass is 10.1. The molecule has 4 aromatic heterocycles. The molecular formula is C20H18N6OS. The highest BCUT2D eigenvalue weighted by molar-refractivity contribution is 7.18. The molecule has 1 aliphatic rings. The van der Waals surface area contributed by atoms with E-state index < -0.39 is 0 Å². The molecule has 0 aromatic carbocycles. The van der Waals surface area contributed by atoms with Crippen LogP contribution >= 0.6 is 11.3 Å². The van der Waals surface area contributed by atoms with Crippen LogP contribution in [-0.4, -0.2) is 38.2 Å². The summed E-state index contributed by atoms with van der Waals surface area (Å²) in [5.74, 6) is 2.01. The van der Waals surface area contributed by atoms with Crippen LogP contribution in [0.1, 0.15) is 19.3 Å². The van der Waals surface area contributed by atoms with Gasteiger partial charge in [0, 0.05) is 42.8 Å². The Labute approximate surface area is 166 Å². The van der Waals surface area contributed by atoms with Crippen molar-refractivity contribution in [3.05, 3.63) is 49.1 Å². The van der Waals surface area contributed by atoms with Crippen molar-refractivity contribution in [1.29, 1.82) is 0 Å². The molecule has 1 aliphatic heterocycles. The summed E-state index contributed by atoms with van der Waals surface area (Å²) >= 11 is 1.51. The molecule has 1 fully saturated rings. The number of piperidine rings is 1. The largest absolute Gasteiger partial charge is 0.357 e. The predicted molar refractivity (Wildman–Crippen MR) is 108 cm³/mol. The van der Waals surface area contributed by atoms with Crippen LogP contribution in [0.4, 0.5) is 5.82 Å². The summed E-state index contributed by atoms with van der Waals surface area (Å²) in [6.07, 6.45) is 10.8. The van der Waals surface area contributed by atoms with Gasteiger partial charge in [-0.25, -0.2) is 9.97 Å². The Balaban J connectivity index is 1.35. The van der Waals surface area contributed by atoms with Crippen LogP contribution in [0.5, 0.6) is 0 Å². The summed E-state index contributed by atoms with van der Waals surface area (Å²) < 4.78 is 5.46. The van der Waals surface area contributed by atoms with Gasteiger partial charge in [0.25, 0.3) is 5.89 Å². The zero-order valence-electron chi connectivity index (χ0n) is 15.2. The fourth-order valence-corrected chi connectivity index (χ4v) is 4.11. The summed E-state index contributed by atoms with van der Waals surface area (Å²) in [5, 5.41) is 5.01. The van der Waals surface area contributed by atoms with Crippen molar-refractivity contribution in [3.63, 3.8) is 0 Å². The van der Waals surface area contributed by atoms with Gasteiger partial charge in [0.1, 0.15) is 15.7 Å². The van der Waals surface area contributed by atoms with Crippen LogP contribution in [0.15, 0.2) is 53.6 Å². The molecule has 0 amide bonds. The molecule has 8 heteroatoms. The number of rotatable bonds is 4. The Morgan fingerprint density at radius 1 is 0.893 bits per heavy atom. The third-order valence-corrected chi connectivity index (χ3v) is 5.79. The van der Waals surface area contributed by atoms with Gasteiger partial charge in [0.2, 0.25) is 5.82 Å². The van der Waals surface area contributed by atoms with Crippen LogP contribution in [0.2, 0.25) is 0 Å². The summed E-state index contributed by atoms with van der Waals surface area (Å²) in [6.45, 7) is 2.15. The highest BCUT2D eigenvalue weighted by Crippen LogP contribution is 2.32. The van der Waals surface area contributed by atoms with Gasteiger partial charge in [0.15, 0.2) is 0 Å². The third-order valence-electron chi connectivity index (χ3n) is 4.76. The third kappa shape index (κ3) is 3.38. The molecule has 0 atom stereocenters. The maximum Gasteiger partial charge on any atom is 0.269 e. The number of aromatic nitrogens is 5. The van der Waals surface area contributed by atoms with Gasteiger partial charge in [-0.15, -0.1) is 11.3 Å². The van der Waals surface area contributed by atoms with Crippen LogP contribution in [-0.2, 0) is 0 Å². The molecule has 0 N–H and O–H groups in total. The fraction of sp³-hybridized carbons (Fsp3) is 0.250. The molecule has 28 heavy (non-hydrogen) atoms. The molecule has 0 unspecified atom stereocenters. The standard InChI is InChI=1S/C20H18N6OS/c1-2-10-26(11-3-1)17-5-4-15(12-22-17)18-24-19(27-25-18)16-13-23-20(28-16)14-6-8-21-9-7-14/h4-9,12-13H,1-3,10-11H2. The minimum Gasteiger partial charge on any atom is -0.357 e. The van der Waals surface area contributed by atoms with Crippen molar-refractivity contribution in [2.24, 2.45) is 0 Å². The van der Waals surface area contributed by atoms with Gasteiger partial charge < -0.3 is 9.42 Å². The van der Waals surface area contributed by atoms with Crippen LogP contribution in [0.25, 0.3) is 32.7 Å². The first-order valence-electron chi connectivity index (χ1n) is 9.28.